The topological polar surface area (TPSA) is 72.0 Å². The Kier molecular flexibility index (Phi) is 6.70. The van der Waals surface area contributed by atoms with Crippen LogP contribution >= 0.6 is 0 Å². The molecule has 2 N–H and O–H groups in total. The minimum Gasteiger partial charge on any atom is -0.495 e. The van der Waals surface area contributed by atoms with Crippen LogP contribution in [0.1, 0.15) is 11.1 Å². The zero-order valence-corrected chi connectivity index (χ0v) is 17.5. The quantitative estimate of drug-likeness (QED) is 0.459. The van der Waals surface area contributed by atoms with E-state index in [2.05, 4.69) is 21.7 Å². The van der Waals surface area contributed by atoms with E-state index in [1.807, 2.05) is 50.2 Å². The fourth-order valence-electron chi connectivity index (χ4n) is 3.09. The molecule has 0 bridgehead atoms. The van der Waals surface area contributed by atoms with Crippen LogP contribution in [0.2, 0.25) is 0 Å². The maximum absolute atomic E-state index is 13.2. The average molecular weight is 403 g/mol. The van der Waals surface area contributed by atoms with Crippen LogP contribution in [0.4, 0.5) is 17.1 Å². The summed E-state index contributed by atoms with van der Waals surface area (Å²) in [4.78, 5) is 17.7. The van der Waals surface area contributed by atoms with Gasteiger partial charge >= 0.3 is 0 Å². The van der Waals surface area contributed by atoms with Crippen LogP contribution in [0.15, 0.2) is 71.7 Å². The third-order valence-electron chi connectivity index (χ3n) is 4.37. The number of methoxy groups -OCH3 is 2. The molecular formula is C24H25N3O3. The minimum absolute atomic E-state index is 0.135. The van der Waals surface area contributed by atoms with Crippen molar-refractivity contribution >= 4 is 28.8 Å². The molecule has 30 heavy (non-hydrogen) atoms. The van der Waals surface area contributed by atoms with E-state index >= 15 is 0 Å². The number of ether oxygens (including phenoxy) is 2. The van der Waals surface area contributed by atoms with Gasteiger partial charge in [-0.25, -0.2) is 4.99 Å². The van der Waals surface area contributed by atoms with Crippen molar-refractivity contribution < 1.29 is 14.3 Å². The number of hydrogen-bond acceptors (Lipinski definition) is 4. The highest BCUT2D eigenvalue weighted by atomic mass is 16.5. The zero-order valence-electron chi connectivity index (χ0n) is 17.5. The summed E-state index contributed by atoms with van der Waals surface area (Å²) in [5.74, 6) is 0.871. The second-order valence-electron chi connectivity index (χ2n) is 6.79. The largest absolute Gasteiger partial charge is 0.495 e. The zero-order chi connectivity index (χ0) is 21.5. The maximum Gasteiger partial charge on any atom is 0.291 e. The number of amidine groups is 1. The molecule has 0 radical (unpaired) electrons. The van der Waals surface area contributed by atoms with Crippen LogP contribution in [0.5, 0.6) is 11.5 Å². The van der Waals surface area contributed by atoms with Crippen molar-refractivity contribution in [3.63, 3.8) is 0 Å². The number of anilines is 2. The van der Waals surface area contributed by atoms with Crippen molar-refractivity contribution in [3.8, 4) is 11.5 Å². The number of carbonyl (C=O) groups excluding carboxylic acids is 1. The SMILES string of the molecule is COc1ccccc1N=C(Nc1cc(C)cc(C)c1)C(=O)Nc1ccccc1OC. The van der Waals surface area contributed by atoms with Gasteiger partial charge < -0.3 is 20.1 Å². The molecule has 3 aromatic rings. The van der Waals surface area contributed by atoms with Gasteiger partial charge in [0.1, 0.15) is 17.2 Å². The molecule has 6 heteroatoms. The van der Waals surface area contributed by atoms with Crippen LogP contribution in [0, 0.1) is 13.8 Å². The monoisotopic (exact) mass is 403 g/mol. The Morgan fingerprint density at radius 2 is 1.40 bits per heavy atom. The fraction of sp³-hybridized carbons (Fsp3) is 0.167. The van der Waals surface area contributed by atoms with Gasteiger partial charge in [0, 0.05) is 5.69 Å². The second kappa shape index (κ2) is 9.60. The number of aliphatic imine (C=N–C) groups is 1. The van der Waals surface area contributed by atoms with E-state index in [9.17, 15) is 4.79 Å². The number of nitrogens with one attached hydrogen (secondary N) is 2. The van der Waals surface area contributed by atoms with Gasteiger partial charge in [-0.15, -0.1) is 0 Å². The molecule has 0 aliphatic carbocycles. The molecule has 3 aromatic carbocycles. The average Bonchev–Trinajstić information content (AvgIpc) is 2.73. The van der Waals surface area contributed by atoms with Crippen molar-refractivity contribution in [3.05, 3.63) is 77.9 Å². The Balaban J connectivity index is 2.00. The van der Waals surface area contributed by atoms with Crippen LogP contribution in [0.25, 0.3) is 0 Å². The predicted molar refractivity (Wildman–Crippen MR) is 121 cm³/mol. The highest BCUT2D eigenvalue weighted by Crippen LogP contribution is 2.28. The van der Waals surface area contributed by atoms with Gasteiger partial charge in [0.05, 0.1) is 19.9 Å². The van der Waals surface area contributed by atoms with Crippen molar-refractivity contribution in [2.45, 2.75) is 13.8 Å². The van der Waals surface area contributed by atoms with Gasteiger partial charge in [0.15, 0.2) is 5.84 Å². The molecule has 0 heterocycles. The fourth-order valence-corrected chi connectivity index (χ4v) is 3.09. The first kappa shape index (κ1) is 20.9. The minimum atomic E-state index is -0.399. The molecule has 0 saturated heterocycles. The lowest BCUT2D eigenvalue weighted by Gasteiger charge is -2.14. The second-order valence-corrected chi connectivity index (χ2v) is 6.79. The Bertz CT molecular complexity index is 1060. The number of rotatable bonds is 5. The van der Waals surface area contributed by atoms with Gasteiger partial charge in [-0.1, -0.05) is 30.3 Å². The molecule has 0 aromatic heterocycles. The van der Waals surface area contributed by atoms with Gasteiger partial charge in [-0.3, -0.25) is 4.79 Å². The molecule has 154 valence electrons. The molecule has 0 unspecified atom stereocenters. The maximum atomic E-state index is 13.2. The first-order chi connectivity index (χ1) is 14.5. The molecule has 6 nitrogen and oxygen atoms in total. The number of hydrogen-bond donors (Lipinski definition) is 2. The lowest BCUT2D eigenvalue weighted by molar-refractivity contribution is -0.110. The number of nitrogens with zero attached hydrogens (tertiary/aromatic N) is 1. The summed E-state index contributed by atoms with van der Waals surface area (Å²) in [5, 5.41) is 6.03. The number of amides is 1. The summed E-state index contributed by atoms with van der Waals surface area (Å²) < 4.78 is 10.7. The summed E-state index contributed by atoms with van der Waals surface area (Å²) >= 11 is 0. The predicted octanol–water partition coefficient (Wildman–Crippen LogP) is 5.10. The standard InChI is InChI=1S/C24H25N3O3/c1-16-13-17(2)15-18(14-16)25-23(26-19-9-5-7-11-21(19)29-3)24(28)27-20-10-6-8-12-22(20)30-4/h5-15H,1-4H3,(H,25,26)(H,27,28). The summed E-state index contributed by atoms with van der Waals surface area (Å²) in [5.41, 5.74) is 4.04. The molecule has 0 aliphatic rings. The Labute approximate surface area is 176 Å². The molecule has 0 spiro atoms. The molecular weight excluding hydrogens is 378 g/mol. The van der Waals surface area contributed by atoms with Crippen LogP contribution in [-0.4, -0.2) is 26.0 Å². The number of para-hydroxylation sites is 4. The summed E-state index contributed by atoms with van der Waals surface area (Å²) in [7, 11) is 3.13. The number of aryl methyl sites for hydroxylation is 2. The van der Waals surface area contributed by atoms with Crippen molar-refractivity contribution in [1.29, 1.82) is 0 Å². The number of benzene rings is 3. The lowest BCUT2D eigenvalue weighted by atomic mass is 10.1. The third kappa shape index (κ3) is 5.17. The molecule has 1 amide bonds. The summed E-state index contributed by atoms with van der Waals surface area (Å²) in [6, 6.07) is 20.5. The molecule has 3 rings (SSSR count). The number of carbonyl (C=O) groups is 1. The van der Waals surface area contributed by atoms with E-state index in [0.717, 1.165) is 16.8 Å². The van der Waals surface area contributed by atoms with E-state index < -0.39 is 5.91 Å². The van der Waals surface area contributed by atoms with E-state index in [4.69, 9.17) is 9.47 Å². The van der Waals surface area contributed by atoms with Crippen LogP contribution in [-0.2, 0) is 4.79 Å². The lowest BCUT2D eigenvalue weighted by Crippen LogP contribution is -2.29. The van der Waals surface area contributed by atoms with Gasteiger partial charge in [0.25, 0.3) is 5.91 Å². The summed E-state index contributed by atoms with van der Waals surface area (Å²) in [6.45, 7) is 4.01. The Hall–Kier alpha value is -3.80. The molecule has 0 aliphatic heterocycles. The van der Waals surface area contributed by atoms with Gasteiger partial charge in [0.2, 0.25) is 0 Å². The Morgan fingerprint density at radius 3 is 2.07 bits per heavy atom. The smallest absolute Gasteiger partial charge is 0.291 e. The van der Waals surface area contributed by atoms with Crippen molar-refractivity contribution in [1.82, 2.24) is 0 Å². The normalized spacial score (nSPS) is 11.0. The first-order valence-electron chi connectivity index (χ1n) is 9.51. The molecule has 0 fully saturated rings. The Morgan fingerprint density at radius 1 is 0.800 bits per heavy atom. The van der Waals surface area contributed by atoms with Crippen molar-refractivity contribution in [2.24, 2.45) is 4.99 Å². The van der Waals surface area contributed by atoms with E-state index in [1.165, 1.54) is 0 Å². The van der Waals surface area contributed by atoms with Crippen molar-refractivity contribution in [2.75, 3.05) is 24.9 Å². The molecule has 0 saturated carbocycles. The van der Waals surface area contributed by atoms with E-state index in [0.29, 0.717) is 22.9 Å². The van der Waals surface area contributed by atoms with E-state index in [1.54, 1.807) is 38.5 Å². The van der Waals surface area contributed by atoms with Gasteiger partial charge in [-0.05, 0) is 61.4 Å². The molecule has 0 atom stereocenters. The van der Waals surface area contributed by atoms with Gasteiger partial charge in [-0.2, -0.15) is 0 Å². The van der Waals surface area contributed by atoms with E-state index in [-0.39, 0.29) is 5.84 Å². The first-order valence-corrected chi connectivity index (χ1v) is 9.51. The van der Waals surface area contributed by atoms with Crippen LogP contribution < -0.4 is 20.1 Å². The summed E-state index contributed by atoms with van der Waals surface area (Å²) in [6.07, 6.45) is 0. The highest BCUT2D eigenvalue weighted by Gasteiger charge is 2.16. The third-order valence-corrected chi connectivity index (χ3v) is 4.37. The highest BCUT2D eigenvalue weighted by molar-refractivity contribution is 6.46. The van der Waals surface area contributed by atoms with Crippen LogP contribution in [0.3, 0.4) is 0 Å².